The highest BCUT2D eigenvalue weighted by Gasteiger charge is 2.17. The summed E-state index contributed by atoms with van der Waals surface area (Å²) in [6.07, 6.45) is 1.72. The molecule has 90 valence electrons. The number of nitrogens with zero attached hydrogens (tertiary/aromatic N) is 2. The molecule has 0 spiro atoms. The van der Waals surface area contributed by atoms with Crippen LogP contribution in [-0.2, 0) is 11.8 Å². The van der Waals surface area contributed by atoms with E-state index in [2.05, 4.69) is 30.7 Å². The number of hydrogen-bond donors (Lipinski definition) is 1. The Labute approximate surface area is 107 Å². The van der Waals surface area contributed by atoms with Crippen LogP contribution in [0.1, 0.15) is 16.2 Å². The summed E-state index contributed by atoms with van der Waals surface area (Å²) in [7, 11) is 3.21. The number of carbonyl (C=O) groups is 1. The van der Waals surface area contributed by atoms with E-state index in [1.807, 2.05) is 14.0 Å². The van der Waals surface area contributed by atoms with Gasteiger partial charge in [-0.25, -0.2) is 4.79 Å². The predicted molar refractivity (Wildman–Crippen MR) is 66.8 cm³/mol. The van der Waals surface area contributed by atoms with E-state index >= 15 is 0 Å². The van der Waals surface area contributed by atoms with Crippen LogP contribution >= 0.6 is 15.9 Å². The number of esters is 1. The smallest absolute Gasteiger partial charge is 0.354 e. The molecule has 5 nitrogen and oxygen atoms in total. The lowest BCUT2D eigenvalue weighted by atomic mass is 10.2. The van der Waals surface area contributed by atoms with E-state index in [0.29, 0.717) is 5.69 Å². The number of halogens is 1. The van der Waals surface area contributed by atoms with Crippen molar-refractivity contribution in [1.82, 2.24) is 14.8 Å². The second-order valence-electron chi connectivity index (χ2n) is 3.68. The average molecular weight is 298 g/mol. The monoisotopic (exact) mass is 297 g/mol. The fourth-order valence-corrected chi connectivity index (χ4v) is 2.30. The largest absolute Gasteiger partial charge is 0.464 e. The van der Waals surface area contributed by atoms with E-state index in [1.165, 1.54) is 7.11 Å². The van der Waals surface area contributed by atoms with E-state index in [4.69, 9.17) is 0 Å². The Kier molecular flexibility index (Phi) is 3.06. The van der Waals surface area contributed by atoms with Crippen molar-refractivity contribution in [2.75, 3.05) is 7.11 Å². The van der Waals surface area contributed by atoms with Crippen LogP contribution in [0.5, 0.6) is 0 Å². The average Bonchev–Trinajstić information content (AvgIpc) is 2.82. The lowest BCUT2D eigenvalue weighted by Gasteiger charge is -2.01. The van der Waals surface area contributed by atoms with Gasteiger partial charge in [0.1, 0.15) is 5.69 Å². The lowest BCUT2D eigenvalue weighted by molar-refractivity contribution is 0.0594. The normalized spacial score (nSPS) is 10.6. The second kappa shape index (κ2) is 4.37. The van der Waals surface area contributed by atoms with Crippen LogP contribution in [0.3, 0.4) is 0 Å². The maximum atomic E-state index is 11.4. The molecule has 0 unspecified atom stereocenters. The van der Waals surface area contributed by atoms with Gasteiger partial charge in [0.25, 0.3) is 0 Å². The summed E-state index contributed by atoms with van der Waals surface area (Å²) in [5.41, 5.74) is 3.19. The Balaban J connectivity index is 2.54. The molecule has 0 aliphatic rings. The van der Waals surface area contributed by atoms with Gasteiger partial charge in [-0.2, -0.15) is 5.10 Å². The van der Waals surface area contributed by atoms with Crippen LogP contribution in [0.25, 0.3) is 11.3 Å². The molecular weight excluding hydrogens is 286 g/mol. The molecule has 0 saturated carbocycles. The molecule has 0 saturated heterocycles. The number of H-pyrrole nitrogens is 1. The minimum atomic E-state index is -0.377. The number of rotatable bonds is 2. The molecule has 0 aliphatic heterocycles. The third-order valence-electron chi connectivity index (χ3n) is 2.57. The first kappa shape index (κ1) is 11.9. The van der Waals surface area contributed by atoms with Gasteiger partial charge in [0.05, 0.1) is 23.5 Å². The highest BCUT2D eigenvalue weighted by Crippen LogP contribution is 2.30. The quantitative estimate of drug-likeness (QED) is 0.865. The van der Waals surface area contributed by atoms with Gasteiger partial charge in [0.2, 0.25) is 0 Å². The van der Waals surface area contributed by atoms with E-state index < -0.39 is 0 Å². The highest BCUT2D eigenvalue weighted by atomic mass is 79.9. The van der Waals surface area contributed by atoms with Crippen molar-refractivity contribution >= 4 is 21.9 Å². The van der Waals surface area contributed by atoms with Gasteiger partial charge in [-0.3, -0.25) is 4.68 Å². The molecule has 6 heteroatoms. The summed E-state index contributed by atoms with van der Waals surface area (Å²) in [6, 6.07) is 1.77. The molecular formula is C11H12BrN3O2. The zero-order valence-corrected chi connectivity index (χ0v) is 11.3. The van der Waals surface area contributed by atoms with Crippen LogP contribution in [0.4, 0.5) is 0 Å². The Bertz CT molecular complexity index is 552. The second-order valence-corrected chi connectivity index (χ2v) is 4.53. The van der Waals surface area contributed by atoms with Crippen molar-refractivity contribution in [3.63, 3.8) is 0 Å². The molecule has 0 atom stereocenters. The molecule has 0 radical (unpaired) electrons. The van der Waals surface area contributed by atoms with Crippen LogP contribution in [0.15, 0.2) is 16.7 Å². The standard InChI is InChI=1S/C11H12BrN3O2/c1-6-7(4-9(14-6)11(16)17-3)10-8(12)5-13-15(10)2/h4-5,14H,1-3H3. The Hall–Kier alpha value is -1.56. The maximum absolute atomic E-state index is 11.4. The lowest BCUT2D eigenvalue weighted by Crippen LogP contribution is -2.00. The summed E-state index contributed by atoms with van der Waals surface area (Å²) >= 11 is 3.44. The van der Waals surface area contributed by atoms with Gasteiger partial charge in [-0.05, 0) is 28.9 Å². The number of aryl methyl sites for hydroxylation is 2. The van der Waals surface area contributed by atoms with Crippen molar-refractivity contribution < 1.29 is 9.53 Å². The van der Waals surface area contributed by atoms with Gasteiger partial charge >= 0.3 is 5.97 Å². The molecule has 0 aromatic carbocycles. The number of aromatic nitrogens is 3. The molecule has 0 fully saturated rings. The Morgan fingerprint density at radius 2 is 2.29 bits per heavy atom. The summed E-state index contributed by atoms with van der Waals surface area (Å²) in [4.78, 5) is 14.4. The van der Waals surface area contributed by atoms with Crippen molar-refractivity contribution in [3.8, 4) is 11.3 Å². The van der Waals surface area contributed by atoms with Crippen LogP contribution in [0, 0.1) is 6.92 Å². The molecule has 2 aromatic heterocycles. The van der Waals surface area contributed by atoms with Gasteiger partial charge in [-0.1, -0.05) is 0 Å². The molecule has 2 aromatic rings. The molecule has 2 heterocycles. The highest BCUT2D eigenvalue weighted by molar-refractivity contribution is 9.10. The zero-order valence-electron chi connectivity index (χ0n) is 9.74. The van der Waals surface area contributed by atoms with E-state index in [9.17, 15) is 4.79 Å². The summed E-state index contributed by atoms with van der Waals surface area (Å²) in [5, 5.41) is 4.15. The van der Waals surface area contributed by atoms with Gasteiger partial charge < -0.3 is 9.72 Å². The molecule has 1 N–H and O–H groups in total. The predicted octanol–water partition coefficient (Wildman–Crippen LogP) is 2.27. The minimum absolute atomic E-state index is 0.377. The maximum Gasteiger partial charge on any atom is 0.354 e. The van der Waals surface area contributed by atoms with Crippen LogP contribution < -0.4 is 0 Å². The third kappa shape index (κ3) is 2.00. The van der Waals surface area contributed by atoms with Crippen molar-refractivity contribution in [2.45, 2.75) is 6.92 Å². The van der Waals surface area contributed by atoms with Crippen LogP contribution in [0.2, 0.25) is 0 Å². The van der Waals surface area contributed by atoms with Crippen molar-refractivity contribution in [1.29, 1.82) is 0 Å². The summed E-state index contributed by atoms with van der Waals surface area (Å²) < 4.78 is 7.32. The number of carbonyl (C=O) groups excluding carboxylic acids is 1. The number of hydrogen-bond acceptors (Lipinski definition) is 3. The fraction of sp³-hybridized carbons (Fsp3) is 0.273. The summed E-state index contributed by atoms with van der Waals surface area (Å²) in [5.74, 6) is -0.377. The topological polar surface area (TPSA) is 59.9 Å². The van der Waals surface area contributed by atoms with Crippen molar-refractivity contribution in [3.05, 3.63) is 28.1 Å². The summed E-state index contributed by atoms with van der Waals surface area (Å²) in [6.45, 7) is 1.90. The van der Waals surface area contributed by atoms with E-state index in [1.54, 1.807) is 16.9 Å². The first-order valence-electron chi connectivity index (χ1n) is 5.00. The number of methoxy groups -OCH3 is 1. The number of ether oxygens (including phenoxy) is 1. The van der Waals surface area contributed by atoms with E-state index in [-0.39, 0.29) is 5.97 Å². The molecule has 17 heavy (non-hydrogen) atoms. The first-order valence-corrected chi connectivity index (χ1v) is 5.79. The molecule has 0 amide bonds. The van der Waals surface area contributed by atoms with Crippen LogP contribution in [-0.4, -0.2) is 27.8 Å². The molecule has 0 aliphatic carbocycles. The van der Waals surface area contributed by atoms with E-state index in [0.717, 1.165) is 21.4 Å². The molecule has 0 bridgehead atoms. The fourth-order valence-electron chi connectivity index (χ4n) is 1.74. The number of nitrogens with one attached hydrogen (secondary N) is 1. The van der Waals surface area contributed by atoms with Gasteiger partial charge in [-0.15, -0.1) is 0 Å². The van der Waals surface area contributed by atoms with Gasteiger partial charge in [0, 0.05) is 18.3 Å². The minimum Gasteiger partial charge on any atom is -0.464 e. The Morgan fingerprint density at radius 1 is 1.59 bits per heavy atom. The molecule has 2 rings (SSSR count). The zero-order chi connectivity index (χ0) is 12.6. The SMILES string of the molecule is COC(=O)c1cc(-c2c(Br)cnn2C)c(C)[nH]1. The Morgan fingerprint density at radius 3 is 2.82 bits per heavy atom. The number of aromatic amines is 1. The van der Waals surface area contributed by atoms with Gasteiger partial charge in [0.15, 0.2) is 0 Å². The van der Waals surface area contributed by atoms with Crippen molar-refractivity contribution in [2.24, 2.45) is 7.05 Å². The first-order chi connectivity index (χ1) is 8.04. The third-order valence-corrected chi connectivity index (χ3v) is 3.15.